The molecular formula is C57H40N4. The van der Waals surface area contributed by atoms with Crippen molar-refractivity contribution >= 4 is 28.8 Å². The number of hydrogen-bond donors (Lipinski definition) is 2. The molecule has 0 fully saturated rings. The summed E-state index contributed by atoms with van der Waals surface area (Å²) in [5.41, 5.74) is 17.5. The monoisotopic (exact) mass is 780 g/mol. The van der Waals surface area contributed by atoms with Crippen LogP contribution in [0.5, 0.6) is 0 Å². The van der Waals surface area contributed by atoms with E-state index in [1.807, 2.05) is 91.0 Å². The molecule has 0 radical (unpaired) electrons. The fourth-order valence-corrected chi connectivity index (χ4v) is 8.07. The number of aromatic nitrogens is 2. The lowest BCUT2D eigenvalue weighted by molar-refractivity contribution is 1.18. The third kappa shape index (κ3) is 7.62. The molecule has 0 saturated carbocycles. The van der Waals surface area contributed by atoms with E-state index in [2.05, 4.69) is 145 Å². The Balaban J connectivity index is 1.04. The van der Waals surface area contributed by atoms with Gasteiger partial charge >= 0.3 is 0 Å². The normalized spacial score (nSPS) is 12.8. The van der Waals surface area contributed by atoms with E-state index in [0.29, 0.717) is 11.5 Å². The molecule has 1 aliphatic heterocycles. The van der Waals surface area contributed by atoms with Gasteiger partial charge in [-0.15, -0.1) is 0 Å². The van der Waals surface area contributed by atoms with E-state index in [-0.39, 0.29) is 0 Å². The molecule has 0 unspecified atom stereocenters. The Morgan fingerprint density at radius 1 is 0.393 bits per heavy atom. The Morgan fingerprint density at radius 2 is 0.852 bits per heavy atom. The first kappa shape index (κ1) is 37.1. The van der Waals surface area contributed by atoms with Crippen LogP contribution in [0.3, 0.4) is 0 Å². The maximum absolute atomic E-state index is 9.72. The smallest absolute Gasteiger partial charge is 0.160 e. The number of rotatable bonds is 9. The molecule has 0 aliphatic carbocycles. The van der Waals surface area contributed by atoms with Crippen molar-refractivity contribution in [3.8, 4) is 56.2 Å². The molecular weight excluding hydrogens is 741 g/mol. The van der Waals surface area contributed by atoms with E-state index < -0.39 is 0 Å². The summed E-state index contributed by atoms with van der Waals surface area (Å²) in [4.78, 5) is 10.1. The fraction of sp³-hybridized carbons (Fsp3) is 0. The minimum atomic E-state index is 0.455. The minimum Gasteiger partial charge on any atom is -0.354 e. The first-order chi connectivity index (χ1) is 30.2. The Labute approximate surface area is 356 Å². The van der Waals surface area contributed by atoms with Crippen molar-refractivity contribution in [2.24, 2.45) is 0 Å². The molecule has 0 saturated heterocycles. The van der Waals surface area contributed by atoms with Crippen LogP contribution in [0.1, 0.15) is 27.8 Å². The van der Waals surface area contributed by atoms with Gasteiger partial charge in [0.1, 0.15) is 0 Å². The van der Waals surface area contributed by atoms with E-state index in [0.717, 1.165) is 95.1 Å². The van der Waals surface area contributed by atoms with Crippen LogP contribution in [0.15, 0.2) is 224 Å². The van der Waals surface area contributed by atoms with Gasteiger partial charge in [-0.3, -0.25) is 5.41 Å². The standard InChI is InChI=1S/C57H40N4/c58-55(46-25-14-5-15-26-46)54(45-23-12-4-13-24-45)56-53-48(37-50(59-56)42-17-6-1-7-18-42)27-16-28-49(53)41-33-29-39(30-34-41)40-31-35-47(36-32-40)57-60-51(43-19-8-2-9-20-43)38-52(61-57)44-21-10-3-11-22-44/h1-38,58-59H/b56-54-,58-55?. The zero-order valence-electron chi connectivity index (χ0n) is 33.3. The molecule has 0 bridgehead atoms. The maximum Gasteiger partial charge on any atom is 0.160 e. The van der Waals surface area contributed by atoms with Crippen molar-refractivity contribution in [2.45, 2.75) is 0 Å². The van der Waals surface area contributed by atoms with Crippen molar-refractivity contribution in [3.05, 3.63) is 252 Å². The van der Waals surface area contributed by atoms with Gasteiger partial charge in [0.15, 0.2) is 5.82 Å². The van der Waals surface area contributed by atoms with Crippen LogP contribution >= 0.6 is 0 Å². The maximum atomic E-state index is 9.72. The number of benzene rings is 8. The molecule has 2 heterocycles. The van der Waals surface area contributed by atoms with Gasteiger partial charge in [-0.2, -0.15) is 0 Å². The molecule has 1 aliphatic rings. The number of nitrogens with one attached hydrogen (secondary N) is 2. The first-order valence-corrected chi connectivity index (χ1v) is 20.5. The fourth-order valence-electron chi connectivity index (χ4n) is 8.07. The summed E-state index contributed by atoms with van der Waals surface area (Å²) >= 11 is 0. The van der Waals surface area contributed by atoms with Gasteiger partial charge in [0, 0.05) is 39.1 Å². The highest BCUT2D eigenvalue weighted by Gasteiger charge is 2.26. The van der Waals surface area contributed by atoms with Crippen LogP contribution in [0, 0.1) is 5.41 Å². The predicted octanol–water partition coefficient (Wildman–Crippen LogP) is 13.8. The highest BCUT2D eigenvalue weighted by molar-refractivity contribution is 6.36. The molecule has 1 aromatic heterocycles. The summed E-state index contributed by atoms with van der Waals surface area (Å²) in [7, 11) is 0. The number of nitrogens with zero attached hydrogens (tertiary/aromatic N) is 2. The minimum absolute atomic E-state index is 0.455. The summed E-state index contributed by atoms with van der Waals surface area (Å²) in [5, 5.41) is 13.6. The van der Waals surface area contributed by atoms with Crippen LogP contribution in [-0.2, 0) is 0 Å². The van der Waals surface area contributed by atoms with Crippen molar-refractivity contribution in [1.29, 1.82) is 5.41 Å². The van der Waals surface area contributed by atoms with Crippen molar-refractivity contribution in [1.82, 2.24) is 15.3 Å². The molecule has 0 amide bonds. The molecule has 8 aromatic carbocycles. The van der Waals surface area contributed by atoms with E-state index in [1.165, 1.54) is 0 Å². The summed E-state index contributed by atoms with van der Waals surface area (Å²) < 4.78 is 0. The third-order valence-corrected chi connectivity index (χ3v) is 11.2. The van der Waals surface area contributed by atoms with Gasteiger partial charge in [0.25, 0.3) is 0 Å². The topological polar surface area (TPSA) is 61.7 Å². The molecule has 10 rings (SSSR count). The number of hydrogen-bond acceptors (Lipinski definition) is 4. The van der Waals surface area contributed by atoms with Gasteiger partial charge in [-0.25, -0.2) is 9.97 Å². The highest BCUT2D eigenvalue weighted by Crippen LogP contribution is 2.42. The molecule has 0 spiro atoms. The van der Waals surface area contributed by atoms with Crippen LogP contribution < -0.4 is 5.32 Å². The quantitative estimate of drug-likeness (QED) is 0.143. The second-order valence-corrected chi connectivity index (χ2v) is 15.0. The second kappa shape index (κ2) is 16.6. The molecule has 61 heavy (non-hydrogen) atoms. The first-order valence-electron chi connectivity index (χ1n) is 20.5. The zero-order chi connectivity index (χ0) is 41.0. The average molecular weight is 781 g/mol. The SMILES string of the molecule is N=C(/C(=C1\NC(c2ccccc2)=Cc2cccc(-c3ccc(-c4ccc(-c5nc(-c6ccccc6)cc(-c6ccccc6)n5)cc4)cc3)c21)c1ccccc1)c1ccccc1. The van der Waals surface area contributed by atoms with Gasteiger partial charge < -0.3 is 5.32 Å². The third-order valence-electron chi connectivity index (χ3n) is 11.2. The van der Waals surface area contributed by atoms with Gasteiger partial charge in [0.05, 0.1) is 22.8 Å². The summed E-state index contributed by atoms with van der Waals surface area (Å²) in [6, 6.07) is 77.1. The number of allylic oxidation sites excluding steroid dienone is 1. The number of fused-ring (bicyclic) bond motifs is 1. The van der Waals surface area contributed by atoms with Crippen LogP contribution in [0.4, 0.5) is 0 Å². The molecule has 0 atom stereocenters. The van der Waals surface area contributed by atoms with Gasteiger partial charge in [-0.1, -0.05) is 218 Å². The average Bonchev–Trinajstić information content (AvgIpc) is 3.35. The van der Waals surface area contributed by atoms with Gasteiger partial charge in [0.2, 0.25) is 0 Å². The van der Waals surface area contributed by atoms with E-state index in [9.17, 15) is 5.41 Å². The van der Waals surface area contributed by atoms with Crippen LogP contribution in [0.2, 0.25) is 0 Å². The Kier molecular flexibility index (Phi) is 10.1. The zero-order valence-corrected chi connectivity index (χ0v) is 33.3. The van der Waals surface area contributed by atoms with E-state index in [1.54, 1.807) is 0 Å². The second-order valence-electron chi connectivity index (χ2n) is 15.0. The molecule has 4 heteroatoms. The summed E-state index contributed by atoms with van der Waals surface area (Å²) in [5.74, 6) is 0.688. The van der Waals surface area contributed by atoms with E-state index in [4.69, 9.17) is 9.97 Å². The molecule has 288 valence electrons. The Morgan fingerprint density at radius 3 is 1.39 bits per heavy atom. The largest absolute Gasteiger partial charge is 0.354 e. The Bertz CT molecular complexity index is 2990. The molecule has 4 nitrogen and oxygen atoms in total. The van der Waals surface area contributed by atoms with Gasteiger partial charge in [-0.05, 0) is 51.1 Å². The lowest BCUT2D eigenvalue weighted by Gasteiger charge is -2.28. The molecule has 9 aromatic rings. The van der Waals surface area contributed by atoms with E-state index >= 15 is 0 Å². The lowest BCUT2D eigenvalue weighted by atomic mass is 9.84. The van der Waals surface area contributed by atoms with Crippen molar-refractivity contribution in [2.75, 3.05) is 0 Å². The summed E-state index contributed by atoms with van der Waals surface area (Å²) in [6.07, 6.45) is 2.23. The summed E-state index contributed by atoms with van der Waals surface area (Å²) in [6.45, 7) is 0. The van der Waals surface area contributed by atoms with Crippen LogP contribution in [-0.4, -0.2) is 15.7 Å². The molecule has 2 N–H and O–H groups in total. The Hall–Kier alpha value is -8.21. The highest BCUT2D eigenvalue weighted by atomic mass is 14.9. The lowest BCUT2D eigenvalue weighted by Crippen LogP contribution is -2.21. The predicted molar refractivity (Wildman–Crippen MR) is 253 cm³/mol. The van der Waals surface area contributed by atoms with Crippen molar-refractivity contribution in [3.63, 3.8) is 0 Å². The van der Waals surface area contributed by atoms with Crippen LogP contribution in [0.25, 0.3) is 79.2 Å². The van der Waals surface area contributed by atoms with Crippen molar-refractivity contribution < 1.29 is 0 Å².